The molecule has 0 aliphatic rings. The largest absolute Gasteiger partial charge is 0.243 e. The fraction of sp³-hybridized carbons (Fsp3) is 0.368. The van der Waals surface area contributed by atoms with Crippen LogP contribution in [-0.2, 0) is 5.29 Å². The Bertz CT molecular complexity index is 581. The van der Waals surface area contributed by atoms with E-state index in [1.54, 1.807) is 0 Å². The van der Waals surface area contributed by atoms with E-state index in [1.807, 2.05) is 56.3 Å². The molecule has 0 radical (unpaired) electrons. The molecule has 0 bridgehead atoms. The summed E-state index contributed by atoms with van der Waals surface area (Å²) in [5.41, 5.74) is 3.14. The van der Waals surface area contributed by atoms with Gasteiger partial charge in [0.05, 0.1) is 8.07 Å². The van der Waals surface area contributed by atoms with Crippen molar-refractivity contribution >= 4 is 8.07 Å². The molecule has 0 aliphatic carbocycles. The minimum absolute atomic E-state index is 0.00765. The first-order chi connectivity index (χ1) is 9.76. The maximum absolute atomic E-state index is 15.7. The lowest BCUT2D eigenvalue weighted by molar-refractivity contribution is 0.189. The van der Waals surface area contributed by atoms with Crippen molar-refractivity contribution in [1.29, 1.82) is 0 Å². The number of halogens is 1. The average Bonchev–Trinajstić information content (AvgIpc) is 2.46. The SMILES string of the molecule is CC(C)C(F)(c1ccc(-c2ccccc2)cc1)[Si](C)(C)C. The van der Waals surface area contributed by atoms with E-state index >= 15 is 4.39 Å². The summed E-state index contributed by atoms with van der Waals surface area (Å²) in [7, 11) is -1.98. The summed E-state index contributed by atoms with van der Waals surface area (Å²) >= 11 is 0. The van der Waals surface area contributed by atoms with E-state index in [2.05, 4.69) is 31.8 Å². The second-order valence-electron chi connectivity index (χ2n) is 7.06. The van der Waals surface area contributed by atoms with Crippen LogP contribution in [0.15, 0.2) is 54.6 Å². The number of hydrogen-bond acceptors (Lipinski definition) is 0. The van der Waals surface area contributed by atoms with Crippen LogP contribution in [0.4, 0.5) is 4.39 Å². The third-order valence-electron chi connectivity index (χ3n) is 4.30. The Kier molecular flexibility index (Phi) is 4.38. The lowest BCUT2D eigenvalue weighted by Gasteiger charge is -2.40. The van der Waals surface area contributed by atoms with Crippen molar-refractivity contribution in [3.05, 3.63) is 60.2 Å². The normalized spacial score (nSPS) is 15.0. The highest BCUT2D eigenvalue weighted by molar-refractivity contribution is 6.78. The van der Waals surface area contributed by atoms with Crippen LogP contribution in [0.2, 0.25) is 19.6 Å². The van der Waals surface area contributed by atoms with Gasteiger partial charge in [-0.05, 0) is 22.6 Å². The molecule has 0 aliphatic heterocycles. The molecule has 112 valence electrons. The number of benzene rings is 2. The van der Waals surface area contributed by atoms with Gasteiger partial charge in [0.2, 0.25) is 0 Å². The second-order valence-corrected chi connectivity index (χ2v) is 12.3. The van der Waals surface area contributed by atoms with Gasteiger partial charge in [0, 0.05) is 0 Å². The maximum Gasteiger partial charge on any atom is 0.125 e. The Labute approximate surface area is 129 Å². The van der Waals surface area contributed by atoms with E-state index in [0.29, 0.717) is 0 Å². The topological polar surface area (TPSA) is 0 Å². The van der Waals surface area contributed by atoms with Crippen molar-refractivity contribution < 1.29 is 4.39 Å². The molecule has 0 nitrogen and oxygen atoms in total. The summed E-state index contributed by atoms with van der Waals surface area (Å²) in [4.78, 5) is 0. The number of rotatable bonds is 4. The highest BCUT2D eigenvalue weighted by atomic mass is 28.3. The smallest absolute Gasteiger partial charge is 0.125 e. The van der Waals surface area contributed by atoms with Crippen molar-refractivity contribution in [3.8, 4) is 11.1 Å². The molecule has 0 saturated heterocycles. The van der Waals surface area contributed by atoms with Crippen LogP contribution in [0, 0.1) is 5.92 Å². The number of alkyl halides is 1. The standard InChI is InChI=1S/C19H25FSi/c1-15(2)19(20,21(3,4)5)18-13-11-17(12-14-18)16-9-7-6-8-10-16/h6-15H,1-5H3. The molecule has 1 unspecified atom stereocenters. The first-order valence-electron chi connectivity index (χ1n) is 7.61. The molecule has 2 rings (SSSR count). The first-order valence-corrected chi connectivity index (χ1v) is 11.1. The van der Waals surface area contributed by atoms with E-state index in [4.69, 9.17) is 0 Å². The maximum atomic E-state index is 15.7. The van der Waals surface area contributed by atoms with Crippen molar-refractivity contribution in [1.82, 2.24) is 0 Å². The summed E-state index contributed by atoms with van der Waals surface area (Å²) in [6.45, 7) is 10.3. The Balaban J connectivity index is 2.42. The van der Waals surface area contributed by atoms with Gasteiger partial charge >= 0.3 is 0 Å². The van der Waals surface area contributed by atoms with Crippen LogP contribution in [-0.4, -0.2) is 8.07 Å². The van der Waals surface area contributed by atoms with E-state index in [-0.39, 0.29) is 5.92 Å². The zero-order chi connectivity index (χ0) is 15.7. The Morgan fingerprint density at radius 3 is 1.71 bits per heavy atom. The van der Waals surface area contributed by atoms with Crippen LogP contribution in [0.5, 0.6) is 0 Å². The van der Waals surface area contributed by atoms with Crippen molar-refractivity contribution in [3.63, 3.8) is 0 Å². The van der Waals surface area contributed by atoms with Gasteiger partial charge in [0.25, 0.3) is 0 Å². The predicted octanol–water partition coefficient (Wildman–Crippen LogP) is 6.05. The molecule has 0 N–H and O–H groups in total. The Morgan fingerprint density at radius 2 is 1.29 bits per heavy atom. The highest BCUT2D eigenvalue weighted by Gasteiger charge is 2.47. The summed E-state index contributed by atoms with van der Waals surface area (Å²) < 4.78 is 15.7. The van der Waals surface area contributed by atoms with Crippen LogP contribution in [0.25, 0.3) is 11.1 Å². The third kappa shape index (κ3) is 2.96. The zero-order valence-corrected chi connectivity index (χ0v) is 14.7. The quantitative estimate of drug-likeness (QED) is 0.603. The van der Waals surface area contributed by atoms with Crippen LogP contribution in [0.3, 0.4) is 0 Å². The van der Waals surface area contributed by atoms with E-state index in [1.165, 1.54) is 5.56 Å². The number of hydrogen-bond donors (Lipinski definition) is 0. The van der Waals surface area contributed by atoms with Gasteiger partial charge in [-0.3, -0.25) is 0 Å². The van der Waals surface area contributed by atoms with Crippen LogP contribution in [0.1, 0.15) is 19.4 Å². The Hall–Kier alpha value is -1.41. The molecule has 0 amide bonds. The molecule has 0 heterocycles. The zero-order valence-electron chi connectivity index (χ0n) is 13.7. The van der Waals surface area contributed by atoms with Gasteiger partial charge in [-0.15, -0.1) is 0 Å². The van der Waals surface area contributed by atoms with Crippen molar-refractivity contribution in [2.45, 2.75) is 38.8 Å². The molecule has 21 heavy (non-hydrogen) atoms. The molecule has 2 heteroatoms. The van der Waals surface area contributed by atoms with Gasteiger partial charge in [0.1, 0.15) is 5.29 Å². The molecule has 0 fully saturated rings. The van der Waals surface area contributed by atoms with Crippen molar-refractivity contribution in [2.24, 2.45) is 5.92 Å². The minimum atomic E-state index is -1.98. The summed E-state index contributed by atoms with van der Waals surface area (Å²) in [6.07, 6.45) is 0. The monoisotopic (exact) mass is 300 g/mol. The van der Waals surface area contributed by atoms with Crippen molar-refractivity contribution in [2.75, 3.05) is 0 Å². The fourth-order valence-electron chi connectivity index (χ4n) is 3.17. The highest BCUT2D eigenvalue weighted by Crippen LogP contribution is 2.42. The summed E-state index contributed by atoms with van der Waals surface area (Å²) in [5, 5.41) is -1.19. The van der Waals surface area contributed by atoms with Gasteiger partial charge < -0.3 is 0 Å². The van der Waals surface area contributed by atoms with Gasteiger partial charge in [-0.1, -0.05) is 88.1 Å². The Morgan fingerprint density at radius 1 is 0.810 bits per heavy atom. The van der Waals surface area contributed by atoms with E-state index < -0.39 is 13.4 Å². The molecule has 0 spiro atoms. The minimum Gasteiger partial charge on any atom is -0.243 e. The average molecular weight is 300 g/mol. The second kappa shape index (κ2) is 5.76. The summed E-state index contributed by atoms with van der Waals surface area (Å²) in [6, 6.07) is 18.3. The molecular weight excluding hydrogens is 275 g/mol. The molecule has 1 atom stereocenters. The first kappa shape index (κ1) is 16.0. The predicted molar refractivity (Wildman–Crippen MR) is 92.8 cm³/mol. The molecule has 2 aromatic carbocycles. The lowest BCUT2D eigenvalue weighted by atomic mass is 9.96. The third-order valence-corrected chi connectivity index (χ3v) is 7.35. The van der Waals surface area contributed by atoms with E-state index in [9.17, 15) is 0 Å². The van der Waals surface area contributed by atoms with Gasteiger partial charge in [-0.2, -0.15) is 0 Å². The fourth-order valence-corrected chi connectivity index (χ4v) is 5.93. The lowest BCUT2D eigenvalue weighted by Crippen LogP contribution is -2.49. The molecule has 2 aromatic rings. The van der Waals surface area contributed by atoms with E-state index in [0.717, 1.165) is 11.1 Å². The molecular formula is C19H25FSi. The molecule has 0 aromatic heterocycles. The summed E-state index contributed by atoms with van der Waals surface area (Å²) in [5.74, 6) is -0.00765. The van der Waals surface area contributed by atoms with Gasteiger partial charge in [-0.25, -0.2) is 4.39 Å². The van der Waals surface area contributed by atoms with Gasteiger partial charge in [0.15, 0.2) is 0 Å². The van der Waals surface area contributed by atoms with Crippen LogP contribution < -0.4 is 0 Å². The molecule has 0 saturated carbocycles. The van der Waals surface area contributed by atoms with Crippen LogP contribution >= 0.6 is 0 Å².